The number of hydrogen-bond donors (Lipinski definition) is 2. The van der Waals surface area contributed by atoms with Crippen molar-refractivity contribution >= 4 is 11.8 Å². The Morgan fingerprint density at radius 2 is 2.00 bits per heavy atom. The van der Waals surface area contributed by atoms with Crippen molar-refractivity contribution in [3.05, 3.63) is 66.4 Å². The number of nitrogens with zero attached hydrogens (tertiary/aromatic N) is 2. The second-order valence-electron chi connectivity index (χ2n) is 7.00. The van der Waals surface area contributed by atoms with Crippen molar-refractivity contribution in [1.82, 2.24) is 10.3 Å². The molecule has 1 aliphatic rings. The molecule has 28 heavy (non-hydrogen) atoms. The van der Waals surface area contributed by atoms with Crippen molar-refractivity contribution in [2.45, 2.75) is 25.9 Å². The predicted molar refractivity (Wildman–Crippen MR) is 109 cm³/mol. The number of anilines is 1. The van der Waals surface area contributed by atoms with Gasteiger partial charge in [0, 0.05) is 32.4 Å². The molecule has 1 fully saturated rings. The number of rotatable bonds is 9. The van der Waals surface area contributed by atoms with Crippen molar-refractivity contribution in [1.29, 1.82) is 0 Å². The summed E-state index contributed by atoms with van der Waals surface area (Å²) in [6.45, 7) is 7.03. The Labute approximate surface area is 165 Å². The molecule has 1 unspecified atom stereocenters. The standard InChI is InChI=1S/C22H27N3O3/c1-2-12-28-20-8-5-17(6-9-20)13-23-14-18-7-10-21(24-15-18)25-11-3-4-19(16-25)22(26)27/h2,5-10,15,19,23H,1,3-4,11-14,16H2,(H,26,27). The van der Waals surface area contributed by atoms with E-state index in [0.29, 0.717) is 13.2 Å². The van der Waals surface area contributed by atoms with Gasteiger partial charge in [0.1, 0.15) is 18.2 Å². The van der Waals surface area contributed by atoms with E-state index in [-0.39, 0.29) is 5.92 Å². The molecule has 3 rings (SSSR count). The fourth-order valence-electron chi connectivity index (χ4n) is 3.30. The maximum absolute atomic E-state index is 11.2. The average molecular weight is 381 g/mol. The molecule has 6 heteroatoms. The summed E-state index contributed by atoms with van der Waals surface area (Å²) >= 11 is 0. The largest absolute Gasteiger partial charge is 0.490 e. The van der Waals surface area contributed by atoms with E-state index in [1.807, 2.05) is 42.6 Å². The number of carboxylic acids is 1. The number of hydrogen-bond acceptors (Lipinski definition) is 5. The normalized spacial score (nSPS) is 16.6. The lowest BCUT2D eigenvalue weighted by Crippen LogP contribution is -2.39. The summed E-state index contributed by atoms with van der Waals surface area (Å²) in [5.41, 5.74) is 2.28. The van der Waals surface area contributed by atoms with Gasteiger partial charge in [-0.3, -0.25) is 4.79 Å². The molecule has 2 heterocycles. The Morgan fingerprint density at radius 1 is 1.25 bits per heavy atom. The third-order valence-electron chi connectivity index (χ3n) is 4.85. The molecule has 6 nitrogen and oxygen atoms in total. The number of pyridine rings is 1. The van der Waals surface area contributed by atoms with Crippen molar-refractivity contribution in [3.8, 4) is 5.75 Å². The zero-order valence-electron chi connectivity index (χ0n) is 16.0. The van der Waals surface area contributed by atoms with Crippen LogP contribution in [0.4, 0.5) is 5.82 Å². The Morgan fingerprint density at radius 3 is 2.68 bits per heavy atom. The second-order valence-corrected chi connectivity index (χ2v) is 7.00. The van der Waals surface area contributed by atoms with Gasteiger partial charge in [-0.25, -0.2) is 4.98 Å². The second kappa shape index (κ2) is 9.90. The SMILES string of the molecule is C=CCOc1ccc(CNCc2ccc(N3CCCC(C(=O)O)C3)nc2)cc1. The number of piperidine rings is 1. The van der Waals surface area contributed by atoms with Gasteiger partial charge in [0.05, 0.1) is 5.92 Å². The third kappa shape index (κ3) is 5.57. The molecule has 0 spiro atoms. The van der Waals surface area contributed by atoms with Crippen LogP contribution in [-0.4, -0.2) is 35.8 Å². The average Bonchev–Trinajstić information content (AvgIpc) is 2.74. The van der Waals surface area contributed by atoms with E-state index in [1.54, 1.807) is 6.08 Å². The zero-order chi connectivity index (χ0) is 19.8. The first-order chi connectivity index (χ1) is 13.7. The molecular weight excluding hydrogens is 354 g/mol. The first-order valence-electron chi connectivity index (χ1n) is 9.62. The van der Waals surface area contributed by atoms with Crippen LogP contribution in [0.25, 0.3) is 0 Å². The summed E-state index contributed by atoms with van der Waals surface area (Å²) in [4.78, 5) is 17.8. The lowest BCUT2D eigenvalue weighted by molar-refractivity contribution is -0.141. The van der Waals surface area contributed by atoms with Crippen molar-refractivity contribution in [3.63, 3.8) is 0 Å². The van der Waals surface area contributed by atoms with Crippen LogP contribution in [0.2, 0.25) is 0 Å². The summed E-state index contributed by atoms with van der Waals surface area (Å²) in [5, 5.41) is 12.6. The number of carbonyl (C=O) groups is 1. The molecule has 2 N–H and O–H groups in total. The van der Waals surface area contributed by atoms with Gasteiger partial charge in [-0.05, 0) is 42.2 Å². The first-order valence-corrected chi connectivity index (χ1v) is 9.62. The van der Waals surface area contributed by atoms with Crippen LogP contribution in [0.5, 0.6) is 5.75 Å². The first kappa shape index (κ1) is 19.9. The van der Waals surface area contributed by atoms with E-state index in [1.165, 1.54) is 5.56 Å². The van der Waals surface area contributed by atoms with Crippen LogP contribution in [0.1, 0.15) is 24.0 Å². The highest BCUT2D eigenvalue weighted by Crippen LogP contribution is 2.22. The maximum Gasteiger partial charge on any atom is 0.308 e. The van der Waals surface area contributed by atoms with Crippen LogP contribution >= 0.6 is 0 Å². The maximum atomic E-state index is 11.2. The summed E-state index contributed by atoms with van der Waals surface area (Å²) in [6.07, 6.45) is 5.22. The van der Waals surface area contributed by atoms with Crippen LogP contribution in [0.3, 0.4) is 0 Å². The van der Waals surface area contributed by atoms with Crippen LogP contribution in [0, 0.1) is 5.92 Å². The number of carboxylic acid groups (broad SMARTS) is 1. The lowest BCUT2D eigenvalue weighted by Gasteiger charge is -2.31. The predicted octanol–water partition coefficient (Wildman–Crippen LogP) is 3.24. The molecule has 1 aliphatic heterocycles. The molecule has 0 radical (unpaired) electrons. The van der Waals surface area contributed by atoms with E-state index < -0.39 is 5.97 Å². The van der Waals surface area contributed by atoms with Gasteiger partial charge in [0.2, 0.25) is 0 Å². The van der Waals surface area contributed by atoms with Crippen LogP contribution < -0.4 is 15.0 Å². The minimum absolute atomic E-state index is 0.301. The van der Waals surface area contributed by atoms with E-state index in [9.17, 15) is 9.90 Å². The Balaban J connectivity index is 1.46. The number of aromatic nitrogens is 1. The van der Waals surface area contributed by atoms with Gasteiger partial charge < -0.3 is 20.1 Å². The molecule has 1 aromatic carbocycles. The summed E-state index contributed by atoms with van der Waals surface area (Å²) in [5.74, 6) is 0.673. The number of aliphatic carboxylic acids is 1. The highest BCUT2D eigenvalue weighted by molar-refractivity contribution is 5.71. The number of ether oxygens (including phenoxy) is 1. The van der Waals surface area contributed by atoms with E-state index in [0.717, 1.165) is 49.6 Å². The highest BCUT2D eigenvalue weighted by Gasteiger charge is 2.25. The molecule has 1 atom stereocenters. The van der Waals surface area contributed by atoms with Crippen molar-refractivity contribution in [2.24, 2.45) is 5.92 Å². The molecule has 0 bridgehead atoms. The van der Waals surface area contributed by atoms with Crippen LogP contribution in [-0.2, 0) is 17.9 Å². The van der Waals surface area contributed by atoms with Crippen molar-refractivity contribution < 1.29 is 14.6 Å². The molecule has 2 aromatic rings. The quantitative estimate of drug-likeness (QED) is 0.650. The van der Waals surface area contributed by atoms with Gasteiger partial charge >= 0.3 is 5.97 Å². The van der Waals surface area contributed by atoms with Gasteiger partial charge in [-0.1, -0.05) is 30.9 Å². The fourth-order valence-corrected chi connectivity index (χ4v) is 3.30. The third-order valence-corrected chi connectivity index (χ3v) is 4.85. The Bertz CT molecular complexity index is 775. The molecule has 1 aromatic heterocycles. The van der Waals surface area contributed by atoms with E-state index in [2.05, 4.69) is 21.8 Å². The van der Waals surface area contributed by atoms with Crippen molar-refractivity contribution in [2.75, 3.05) is 24.6 Å². The van der Waals surface area contributed by atoms with Gasteiger partial charge in [-0.2, -0.15) is 0 Å². The Kier molecular flexibility index (Phi) is 7.03. The van der Waals surface area contributed by atoms with Gasteiger partial charge in [0.25, 0.3) is 0 Å². The minimum atomic E-state index is -0.717. The molecule has 0 amide bonds. The topological polar surface area (TPSA) is 74.7 Å². The van der Waals surface area contributed by atoms with Crippen LogP contribution in [0.15, 0.2) is 55.3 Å². The molecule has 148 valence electrons. The van der Waals surface area contributed by atoms with E-state index >= 15 is 0 Å². The Hall–Kier alpha value is -2.86. The molecule has 0 saturated carbocycles. The smallest absolute Gasteiger partial charge is 0.308 e. The van der Waals surface area contributed by atoms with E-state index in [4.69, 9.17) is 4.74 Å². The highest BCUT2D eigenvalue weighted by atomic mass is 16.5. The summed E-state index contributed by atoms with van der Waals surface area (Å²) < 4.78 is 5.48. The minimum Gasteiger partial charge on any atom is -0.490 e. The zero-order valence-corrected chi connectivity index (χ0v) is 16.0. The number of benzene rings is 1. The fraction of sp³-hybridized carbons (Fsp3) is 0.364. The monoisotopic (exact) mass is 381 g/mol. The van der Waals surface area contributed by atoms with Gasteiger partial charge in [-0.15, -0.1) is 0 Å². The summed E-state index contributed by atoms with van der Waals surface area (Å²) in [7, 11) is 0. The van der Waals surface area contributed by atoms with Gasteiger partial charge in [0.15, 0.2) is 0 Å². The summed E-state index contributed by atoms with van der Waals surface area (Å²) in [6, 6.07) is 12.0. The molecule has 0 aliphatic carbocycles. The molecular formula is C22H27N3O3. The molecule has 1 saturated heterocycles. The lowest BCUT2D eigenvalue weighted by atomic mass is 9.98. The number of nitrogens with one attached hydrogen (secondary N) is 1.